The van der Waals surface area contributed by atoms with Gasteiger partial charge in [-0.15, -0.1) is 0 Å². The zero-order valence-corrected chi connectivity index (χ0v) is 16.1. The largest absolute Gasteiger partial charge is 0.493 e. The van der Waals surface area contributed by atoms with E-state index in [0.29, 0.717) is 13.1 Å². The van der Waals surface area contributed by atoms with Crippen molar-refractivity contribution in [3.63, 3.8) is 0 Å². The molecule has 0 atom stereocenters. The molecule has 1 aliphatic carbocycles. The minimum atomic E-state index is -0.104. The van der Waals surface area contributed by atoms with Crippen molar-refractivity contribution in [1.29, 1.82) is 0 Å². The second-order valence-electron chi connectivity index (χ2n) is 7.01. The van der Waals surface area contributed by atoms with Crippen molar-refractivity contribution in [1.82, 2.24) is 10.2 Å². The van der Waals surface area contributed by atoms with E-state index < -0.39 is 0 Å². The lowest BCUT2D eigenvalue weighted by atomic mass is 10.2. The molecule has 0 unspecified atom stereocenters. The molecule has 2 amide bonds. The first-order chi connectivity index (χ1) is 13.2. The van der Waals surface area contributed by atoms with Gasteiger partial charge in [-0.2, -0.15) is 0 Å². The first kappa shape index (κ1) is 19.1. The van der Waals surface area contributed by atoms with E-state index in [1.807, 2.05) is 48.5 Å². The van der Waals surface area contributed by atoms with E-state index in [-0.39, 0.29) is 12.1 Å². The van der Waals surface area contributed by atoms with Gasteiger partial charge in [-0.05, 0) is 48.9 Å². The van der Waals surface area contributed by atoms with Crippen LogP contribution in [0.4, 0.5) is 4.79 Å². The highest BCUT2D eigenvalue weighted by atomic mass is 16.5. The van der Waals surface area contributed by atoms with Crippen molar-refractivity contribution in [3.8, 4) is 11.5 Å². The molecule has 2 aromatic carbocycles. The van der Waals surface area contributed by atoms with Crippen molar-refractivity contribution < 1.29 is 14.3 Å². The number of ether oxygens (including phenoxy) is 2. The Morgan fingerprint density at radius 1 is 1.07 bits per heavy atom. The molecule has 1 saturated carbocycles. The summed E-state index contributed by atoms with van der Waals surface area (Å²) < 4.78 is 11.5. The van der Waals surface area contributed by atoms with Crippen LogP contribution in [0.5, 0.6) is 11.5 Å². The highest BCUT2D eigenvalue weighted by Crippen LogP contribution is 2.32. The minimum absolute atomic E-state index is 0.104. The van der Waals surface area contributed by atoms with E-state index >= 15 is 0 Å². The van der Waals surface area contributed by atoms with Crippen molar-refractivity contribution in [3.05, 3.63) is 59.7 Å². The lowest BCUT2D eigenvalue weighted by Crippen LogP contribution is -2.36. The summed E-state index contributed by atoms with van der Waals surface area (Å²) in [6.45, 7) is 1.02. The van der Waals surface area contributed by atoms with Crippen LogP contribution in [0, 0.1) is 0 Å². The summed E-state index contributed by atoms with van der Waals surface area (Å²) in [5.41, 5.74) is 2.09. The number of carbonyl (C=O) groups is 1. The van der Waals surface area contributed by atoms with Gasteiger partial charge >= 0.3 is 6.03 Å². The number of rotatable bonds is 7. The Kier molecular flexibility index (Phi) is 6.58. The number of hydrogen-bond acceptors (Lipinski definition) is 3. The molecule has 0 radical (unpaired) electrons. The van der Waals surface area contributed by atoms with Crippen LogP contribution >= 0.6 is 0 Å². The molecule has 1 N–H and O–H groups in total. The standard InChI is InChI=1S/C22H28N2O3/c1-24(16-17-8-4-3-5-9-17)22(25)23-15-18-12-13-20(26-2)21(14-18)27-19-10-6-7-11-19/h3-5,8-9,12-14,19H,6-7,10-11,15-16H2,1-2H3,(H,23,25). The van der Waals surface area contributed by atoms with Crippen LogP contribution in [0.1, 0.15) is 36.8 Å². The third-order valence-electron chi connectivity index (χ3n) is 4.88. The van der Waals surface area contributed by atoms with Gasteiger partial charge in [-0.3, -0.25) is 0 Å². The molecule has 0 heterocycles. The fraction of sp³-hybridized carbons (Fsp3) is 0.409. The topological polar surface area (TPSA) is 50.8 Å². The fourth-order valence-electron chi connectivity index (χ4n) is 3.35. The highest BCUT2D eigenvalue weighted by Gasteiger charge is 2.19. The predicted octanol–water partition coefficient (Wildman–Crippen LogP) is 4.36. The Hall–Kier alpha value is -2.69. The zero-order valence-electron chi connectivity index (χ0n) is 16.1. The van der Waals surface area contributed by atoms with E-state index in [1.165, 1.54) is 12.8 Å². The van der Waals surface area contributed by atoms with Crippen molar-refractivity contribution in [2.24, 2.45) is 0 Å². The van der Waals surface area contributed by atoms with Crippen LogP contribution in [0.3, 0.4) is 0 Å². The summed E-state index contributed by atoms with van der Waals surface area (Å²) in [5, 5.41) is 2.97. The maximum atomic E-state index is 12.4. The molecule has 1 aliphatic rings. The average Bonchev–Trinajstić information content (AvgIpc) is 3.20. The van der Waals surface area contributed by atoms with Gasteiger partial charge in [-0.1, -0.05) is 36.4 Å². The molecule has 0 aliphatic heterocycles. The van der Waals surface area contributed by atoms with E-state index in [9.17, 15) is 4.79 Å². The Morgan fingerprint density at radius 2 is 1.81 bits per heavy atom. The van der Waals surface area contributed by atoms with Gasteiger partial charge in [0.05, 0.1) is 13.2 Å². The van der Waals surface area contributed by atoms with Crippen molar-refractivity contribution in [2.75, 3.05) is 14.2 Å². The summed E-state index contributed by atoms with van der Waals surface area (Å²) in [6, 6.07) is 15.7. The number of urea groups is 1. The number of nitrogens with zero attached hydrogens (tertiary/aromatic N) is 1. The third kappa shape index (κ3) is 5.39. The van der Waals surface area contributed by atoms with Crippen LogP contribution in [0.2, 0.25) is 0 Å². The molecule has 5 nitrogen and oxygen atoms in total. The molecule has 0 aromatic heterocycles. The molecule has 27 heavy (non-hydrogen) atoms. The summed E-state index contributed by atoms with van der Waals surface area (Å²) >= 11 is 0. The molecular formula is C22H28N2O3. The lowest BCUT2D eigenvalue weighted by Gasteiger charge is -2.19. The smallest absolute Gasteiger partial charge is 0.317 e. The van der Waals surface area contributed by atoms with Crippen LogP contribution in [0.25, 0.3) is 0 Å². The first-order valence-corrected chi connectivity index (χ1v) is 9.52. The number of methoxy groups -OCH3 is 1. The van der Waals surface area contributed by atoms with E-state index in [0.717, 1.165) is 35.5 Å². The Bertz CT molecular complexity index is 742. The van der Waals surface area contributed by atoms with Gasteiger partial charge in [0.1, 0.15) is 0 Å². The Labute approximate surface area is 161 Å². The maximum Gasteiger partial charge on any atom is 0.317 e. The summed E-state index contributed by atoms with van der Waals surface area (Å²) in [5.74, 6) is 1.49. The van der Waals surface area contributed by atoms with E-state index in [2.05, 4.69) is 5.32 Å². The predicted molar refractivity (Wildman–Crippen MR) is 106 cm³/mol. The van der Waals surface area contributed by atoms with Crippen molar-refractivity contribution >= 4 is 6.03 Å². The van der Waals surface area contributed by atoms with E-state index in [1.54, 1.807) is 19.1 Å². The highest BCUT2D eigenvalue weighted by molar-refractivity contribution is 5.73. The molecule has 144 valence electrons. The SMILES string of the molecule is COc1ccc(CNC(=O)N(C)Cc2ccccc2)cc1OC1CCCC1. The molecule has 2 aromatic rings. The average molecular weight is 368 g/mol. The number of nitrogens with one attached hydrogen (secondary N) is 1. The van der Waals surface area contributed by atoms with Gasteiger partial charge in [0.2, 0.25) is 0 Å². The van der Waals surface area contributed by atoms with Gasteiger partial charge in [0, 0.05) is 20.1 Å². The van der Waals surface area contributed by atoms with Gasteiger partial charge < -0.3 is 19.7 Å². The van der Waals surface area contributed by atoms with Crippen molar-refractivity contribution in [2.45, 2.75) is 44.9 Å². The molecule has 3 rings (SSSR count). The molecule has 0 spiro atoms. The van der Waals surface area contributed by atoms with Crippen LogP contribution in [0.15, 0.2) is 48.5 Å². The Balaban J connectivity index is 1.57. The first-order valence-electron chi connectivity index (χ1n) is 9.52. The Morgan fingerprint density at radius 3 is 2.52 bits per heavy atom. The van der Waals surface area contributed by atoms with Crippen LogP contribution in [-0.2, 0) is 13.1 Å². The number of amides is 2. The second kappa shape index (κ2) is 9.31. The fourth-order valence-corrected chi connectivity index (χ4v) is 3.35. The number of benzene rings is 2. The normalized spacial score (nSPS) is 14.0. The second-order valence-corrected chi connectivity index (χ2v) is 7.01. The molecular weight excluding hydrogens is 340 g/mol. The minimum Gasteiger partial charge on any atom is -0.493 e. The number of carbonyl (C=O) groups excluding carboxylic acids is 1. The van der Waals surface area contributed by atoms with Gasteiger partial charge in [0.25, 0.3) is 0 Å². The third-order valence-corrected chi connectivity index (χ3v) is 4.88. The summed E-state index contributed by atoms with van der Waals surface area (Å²) in [7, 11) is 3.45. The number of hydrogen-bond donors (Lipinski definition) is 1. The zero-order chi connectivity index (χ0) is 19.1. The molecule has 5 heteroatoms. The van der Waals surface area contributed by atoms with Crippen LogP contribution in [-0.4, -0.2) is 31.2 Å². The quantitative estimate of drug-likeness (QED) is 0.790. The molecule has 1 fully saturated rings. The van der Waals surface area contributed by atoms with E-state index in [4.69, 9.17) is 9.47 Å². The monoisotopic (exact) mass is 368 g/mol. The maximum absolute atomic E-state index is 12.4. The summed E-state index contributed by atoms with van der Waals surface area (Å²) in [4.78, 5) is 14.0. The van der Waals surface area contributed by atoms with Gasteiger partial charge in [-0.25, -0.2) is 4.79 Å². The van der Waals surface area contributed by atoms with Crippen LogP contribution < -0.4 is 14.8 Å². The molecule has 0 bridgehead atoms. The molecule has 0 saturated heterocycles. The summed E-state index contributed by atoms with van der Waals surface area (Å²) in [6.07, 6.45) is 4.89. The lowest BCUT2D eigenvalue weighted by molar-refractivity contribution is 0.200. The van der Waals surface area contributed by atoms with Gasteiger partial charge in [0.15, 0.2) is 11.5 Å².